The second-order valence-corrected chi connectivity index (χ2v) is 5.41. The molecule has 21 heavy (non-hydrogen) atoms. The van der Waals surface area contributed by atoms with Gasteiger partial charge in [-0.1, -0.05) is 24.3 Å². The highest BCUT2D eigenvalue weighted by Crippen LogP contribution is 2.28. The highest BCUT2D eigenvalue weighted by Gasteiger charge is 2.17. The molecule has 0 aliphatic carbocycles. The van der Waals surface area contributed by atoms with E-state index in [0.29, 0.717) is 0 Å². The molecule has 0 bridgehead atoms. The van der Waals surface area contributed by atoms with Gasteiger partial charge < -0.3 is 15.3 Å². The molecule has 1 heterocycles. The van der Waals surface area contributed by atoms with E-state index >= 15 is 0 Å². The van der Waals surface area contributed by atoms with Crippen LogP contribution in [0.15, 0.2) is 41.2 Å². The first-order valence-electron chi connectivity index (χ1n) is 7.05. The summed E-state index contributed by atoms with van der Waals surface area (Å²) < 4.78 is 0. The molecule has 0 radical (unpaired) electrons. The fourth-order valence-corrected chi connectivity index (χ4v) is 2.99. The number of imidazole rings is 1. The Morgan fingerprint density at radius 1 is 1.00 bits per heavy atom. The number of H-pyrrole nitrogens is 2. The van der Waals surface area contributed by atoms with Crippen LogP contribution in [0.3, 0.4) is 0 Å². The van der Waals surface area contributed by atoms with E-state index in [0.717, 1.165) is 16.6 Å². The summed E-state index contributed by atoms with van der Waals surface area (Å²) in [4.78, 5) is 17.0. The molecular formula is C17H19N3O. The second-order valence-electron chi connectivity index (χ2n) is 5.41. The quantitative estimate of drug-likeness (QED) is 0.691. The number of hydrogen-bond donors (Lipinski definition) is 3. The lowest BCUT2D eigenvalue weighted by Gasteiger charge is -2.21. The molecule has 0 aliphatic heterocycles. The Morgan fingerprint density at radius 3 is 2.33 bits per heavy atom. The third kappa shape index (κ3) is 2.38. The number of aryl methyl sites for hydroxylation is 2. The van der Waals surface area contributed by atoms with Crippen molar-refractivity contribution in [2.24, 2.45) is 0 Å². The monoisotopic (exact) mass is 281 g/mol. The van der Waals surface area contributed by atoms with Crippen molar-refractivity contribution in [2.45, 2.75) is 19.9 Å². The molecular weight excluding hydrogens is 262 g/mol. The molecule has 0 saturated carbocycles. The van der Waals surface area contributed by atoms with Gasteiger partial charge in [-0.3, -0.25) is 0 Å². The molecule has 108 valence electrons. The largest absolute Gasteiger partial charge is 0.323 e. The fraction of sp³-hybridized carbons (Fsp3) is 0.235. The average molecular weight is 281 g/mol. The molecule has 1 atom stereocenters. The summed E-state index contributed by atoms with van der Waals surface area (Å²) in [7, 11) is 1.96. The lowest BCUT2D eigenvalue weighted by molar-refractivity contribution is 0.684. The maximum Gasteiger partial charge on any atom is 0.323 e. The van der Waals surface area contributed by atoms with E-state index in [9.17, 15) is 4.79 Å². The summed E-state index contributed by atoms with van der Waals surface area (Å²) in [6, 6.07) is 12.5. The summed E-state index contributed by atoms with van der Waals surface area (Å²) in [5.41, 5.74) is 6.45. The number of nitrogens with one attached hydrogen (secondary N) is 3. The van der Waals surface area contributed by atoms with E-state index in [2.05, 4.69) is 53.4 Å². The Morgan fingerprint density at radius 2 is 1.67 bits per heavy atom. The number of aromatic amines is 2. The zero-order chi connectivity index (χ0) is 15.0. The van der Waals surface area contributed by atoms with Crippen LogP contribution < -0.4 is 11.0 Å². The van der Waals surface area contributed by atoms with Crippen LogP contribution in [0.1, 0.15) is 28.3 Å². The van der Waals surface area contributed by atoms with Gasteiger partial charge in [0.05, 0.1) is 17.1 Å². The third-order valence-electron chi connectivity index (χ3n) is 3.99. The standard InChI is InChI=1S/C17H19N3O/c1-10-5-4-6-11(2)15(10)16(18-3)12-7-8-13-14(9-12)20-17(21)19-13/h4-9,16,18H,1-3H3,(H2,19,20,21). The highest BCUT2D eigenvalue weighted by atomic mass is 16.1. The number of rotatable bonds is 3. The summed E-state index contributed by atoms with van der Waals surface area (Å²) in [6.07, 6.45) is 0. The predicted molar refractivity (Wildman–Crippen MR) is 85.7 cm³/mol. The van der Waals surface area contributed by atoms with Crippen molar-refractivity contribution in [2.75, 3.05) is 7.05 Å². The molecule has 0 amide bonds. The van der Waals surface area contributed by atoms with E-state index in [4.69, 9.17) is 0 Å². The van der Waals surface area contributed by atoms with Gasteiger partial charge >= 0.3 is 5.69 Å². The van der Waals surface area contributed by atoms with Gasteiger partial charge in [0.15, 0.2) is 0 Å². The molecule has 4 heteroatoms. The van der Waals surface area contributed by atoms with Gasteiger partial charge in [0, 0.05) is 0 Å². The molecule has 3 N–H and O–H groups in total. The smallest absolute Gasteiger partial charge is 0.309 e. The SMILES string of the molecule is CNC(c1ccc2[nH]c(=O)[nH]c2c1)c1c(C)cccc1C. The maximum absolute atomic E-state index is 11.4. The van der Waals surface area contributed by atoms with Gasteiger partial charge in [0.2, 0.25) is 0 Å². The molecule has 1 aromatic heterocycles. The van der Waals surface area contributed by atoms with Crippen LogP contribution in [0.5, 0.6) is 0 Å². The Hall–Kier alpha value is -2.33. The van der Waals surface area contributed by atoms with Crippen LogP contribution in [-0.4, -0.2) is 17.0 Å². The third-order valence-corrected chi connectivity index (χ3v) is 3.99. The Kier molecular flexibility index (Phi) is 3.39. The fourth-order valence-electron chi connectivity index (χ4n) is 2.99. The van der Waals surface area contributed by atoms with Crippen LogP contribution in [0.25, 0.3) is 11.0 Å². The molecule has 0 aliphatic rings. The molecule has 0 fully saturated rings. The zero-order valence-electron chi connectivity index (χ0n) is 12.4. The van der Waals surface area contributed by atoms with Crippen LogP contribution in [-0.2, 0) is 0 Å². The minimum atomic E-state index is -0.171. The van der Waals surface area contributed by atoms with E-state index in [1.54, 1.807) is 0 Å². The minimum Gasteiger partial charge on any atom is -0.309 e. The Labute approximate surface area is 123 Å². The molecule has 2 aromatic carbocycles. The van der Waals surface area contributed by atoms with Gasteiger partial charge in [-0.2, -0.15) is 0 Å². The van der Waals surface area contributed by atoms with E-state index in [-0.39, 0.29) is 11.7 Å². The van der Waals surface area contributed by atoms with Crippen LogP contribution >= 0.6 is 0 Å². The zero-order valence-corrected chi connectivity index (χ0v) is 12.4. The molecule has 4 nitrogen and oxygen atoms in total. The topological polar surface area (TPSA) is 60.7 Å². The van der Waals surface area contributed by atoms with Gasteiger partial charge in [0.1, 0.15) is 0 Å². The normalized spacial score (nSPS) is 12.7. The van der Waals surface area contributed by atoms with Crippen molar-refractivity contribution in [3.8, 4) is 0 Å². The summed E-state index contributed by atoms with van der Waals surface area (Å²) in [5, 5.41) is 3.39. The first-order valence-corrected chi connectivity index (χ1v) is 7.05. The molecule has 0 saturated heterocycles. The highest BCUT2D eigenvalue weighted by molar-refractivity contribution is 5.75. The summed E-state index contributed by atoms with van der Waals surface area (Å²) in [6.45, 7) is 4.26. The molecule has 3 rings (SSSR count). The van der Waals surface area contributed by atoms with Crippen molar-refractivity contribution < 1.29 is 0 Å². The first kappa shape index (κ1) is 13.6. The minimum absolute atomic E-state index is 0.106. The molecule has 3 aromatic rings. The average Bonchev–Trinajstić information content (AvgIpc) is 2.82. The van der Waals surface area contributed by atoms with Crippen molar-refractivity contribution >= 4 is 11.0 Å². The van der Waals surface area contributed by atoms with Gasteiger partial charge in [-0.25, -0.2) is 4.79 Å². The van der Waals surface area contributed by atoms with Crippen molar-refractivity contribution in [3.63, 3.8) is 0 Å². The number of aromatic nitrogens is 2. The molecule has 0 spiro atoms. The van der Waals surface area contributed by atoms with Gasteiger partial charge in [-0.05, 0) is 55.3 Å². The van der Waals surface area contributed by atoms with Crippen LogP contribution in [0.2, 0.25) is 0 Å². The van der Waals surface area contributed by atoms with Crippen molar-refractivity contribution in [3.05, 3.63) is 69.1 Å². The lowest BCUT2D eigenvalue weighted by Crippen LogP contribution is -2.19. The summed E-state index contributed by atoms with van der Waals surface area (Å²) >= 11 is 0. The number of hydrogen-bond acceptors (Lipinski definition) is 2. The van der Waals surface area contributed by atoms with E-state index < -0.39 is 0 Å². The van der Waals surface area contributed by atoms with E-state index in [1.165, 1.54) is 16.7 Å². The number of fused-ring (bicyclic) bond motifs is 1. The summed E-state index contributed by atoms with van der Waals surface area (Å²) in [5.74, 6) is 0. The van der Waals surface area contributed by atoms with E-state index in [1.807, 2.05) is 19.2 Å². The Bertz CT molecular complexity index is 824. The van der Waals surface area contributed by atoms with Crippen molar-refractivity contribution in [1.29, 1.82) is 0 Å². The molecule has 1 unspecified atom stereocenters. The van der Waals surface area contributed by atoms with Crippen molar-refractivity contribution in [1.82, 2.24) is 15.3 Å². The van der Waals surface area contributed by atoms with Crippen LogP contribution in [0, 0.1) is 13.8 Å². The van der Waals surface area contributed by atoms with Crippen LogP contribution in [0.4, 0.5) is 0 Å². The van der Waals surface area contributed by atoms with Gasteiger partial charge in [0.25, 0.3) is 0 Å². The maximum atomic E-state index is 11.4. The Balaban J connectivity index is 2.15. The number of benzene rings is 2. The van der Waals surface area contributed by atoms with Gasteiger partial charge in [-0.15, -0.1) is 0 Å². The lowest BCUT2D eigenvalue weighted by atomic mass is 9.91. The first-order chi connectivity index (χ1) is 10.1. The second kappa shape index (κ2) is 5.22. The predicted octanol–water partition coefficient (Wildman–Crippen LogP) is 2.78.